The molecule has 0 aliphatic carbocycles. The lowest BCUT2D eigenvalue weighted by Crippen LogP contribution is -2.17. The van der Waals surface area contributed by atoms with Gasteiger partial charge < -0.3 is 4.55 Å². The summed E-state index contributed by atoms with van der Waals surface area (Å²) < 4.78 is 35.2. The maximum Gasteiger partial charge on any atom is 0.125 e. The van der Waals surface area contributed by atoms with E-state index in [1.165, 1.54) is 6.07 Å². The van der Waals surface area contributed by atoms with Crippen LogP contribution in [0.15, 0.2) is 35.2 Å². The molecule has 0 saturated carbocycles. The smallest absolute Gasteiger partial charge is 0.125 e. The van der Waals surface area contributed by atoms with Crippen LogP contribution in [0.4, 0.5) is 0 Å². The summed E-state index contributed by atoms with van der Waals surface area (Å²) in [5.74, 6) is 0. The summed E-state index contributed by atoms with van der Waals surface area (Å²) >= 11 is 0. The highest BCUT2D eigenvalue weighted by Gasteiger charge is 2.25. The number of benzene rings is 2. The average Bonchev–Trinajstić information content (AvgIpc) is 2.33. The molecular weight excluding hydrogens is 296 g/mol. The highest BCUT2D eigenvalue weighted by molar-refractivity contribution is 7.86. The number of rotatable bonds is 1. The van der Waals surface area contributed by atoms with Gasteiger partial charge in [0.05, 0.1) is 4.90 Å². The third kappa shape index (κ3) is 3.03. The van der Waals surface area contributed by atoms with Gasteiger partial charge in [0.25, 0.3) is 0 Å². The molecule has 0 atom stereocenters. The molecule has 0 N–H and O–H groups in total. The predicted molar refractivity (Wildman–Crippen MR) is 89.3 cm³/mol. The van der Waals surface area contributed by atoms with Crippen molar-refractivity contribution in [2.45, 2.75) is 57.3 Å². The van der Waals surface area contributed by atoms with Crippen LogP contribution in [0.2, 0.25) is 0 Å². The van der Waals surface area contributed by atoms with Crippen molar-refractivity contribution >= 4 is 20.9 Å². The largest absolute Gasteiger partial charge is 0.744 e. The Morgan fingerprint density at radius 3 is 1.77 bits per heavy atom. The summed E-state index contributed by atoms with van der Waals surface area (Å²) in [6, 6.07) is 8.96. The van der Waals surface area contributed by atoms with Gasteiger partial charge in [-0.3, -0.25) is 0 Å². The van der Waals surface area contributed by atoms with E-state index in [9.17, 15) is 13.0 Å². The van der Waals surface area contributed by atoms with Crippen LogP contribution in [0.5, 0.6) is 0 Å². The highest BCUT2D eigenvalue weighted by atomic mass is 32.2. The van der Waals surface area contributed by atoms with Gasteiger partial charge >= 0.3 is 0 Å². The third-order valence-corrected chi connectivity index (χ3v) is 4.77. The molecule has 2 rings (SSSR count). The van der Waals surface area contributed by atoms with Gasteiger partial charge in [-0.15, -0.1) is 0 Å². The Morgan fingerprint density at radius 1 is 0.818 bits per heavy atom. The molecule has 2 aromatic carbocycles. The summed E-state index contributed by atoms with van der Waals surface area (Å²) in [5.41, 5.74) is 1.53. The predicted octanol–water partition coefficient (Wildman–Crippen LogP) is 4.34. The van der Waals surface area contributed by atoms with E-state index in [1.807, 2.05) is 39.0 Å². The summed E-state index contributed by atoms with van der Waals surface area (Å²) in [7, 11) is -4.52. The van der Waals surface area contributed by atoms with E-state index in [0.717, 1.165) is 16.5 Å². The Morgan fingerprint density at radius 2 is 1.32 bits per heavy atom. The van der Waals surface area contributed by atoms with E-state index >= 15 is 0 Å². The fourth-order valence-electron chi connectivity index (χ4n) is 2.86. The zero-order valence-corrected chi connectivity index (χ0v) is 14.8. The molecular formula is C18H23O3S-. The Labute approximate surface area is 133 Å². The van der Waals surface area contributed by atoms with Crippen molar-refractivity contribution in [1.82, 2.24) is 0 Å². The molecule has 0 spiro atoms. The second-order valence-electron chi connectivity index (χ2n) is 7.79. The van der Waals surface area contributed by atoms with Crippen LogP contribution in [0.1, 0.15) is 52.7 Å². The van der Waals surface area contributed by atoms with Gasteiger partial charge in [0.1, 0.15) is 10.1 Å². The average molecular weight is 319 g/mol. The fraction of sp³-hybridized carbons (Fsp3) is 0.444. The minimum atomic E-state index is -4.52. The summed E-state index contributed by atoms with van der Waals surface area (Å²) in [5, 5.41) is 1.41. The van der Waals surface area contributed by atoms with Gasteiger partial charge in [0.2, 0.25) is 0 Å². The highest BCUT2D eigenvalue weighted by Crippen LogP contribution is 2.39. The minimum Gasteiger partial charge on any atom is -0.744 e. The molecule has 0 saturated heterocycles. The molecule has 0 aromatic heterocycles. The molecule has 0 unspecified atom stereocenters. The monoisotopic (exact) mass is 319 g/mol. The molecule has 0 aliphatic heterocycles. The first-order chi connectivity index (χ1) is 9.83. The van der Waals surface area contributed by atoms with Gasteiger partial charge in [-0.25, -0.2) is 8.42 Å². The molecule has 0 radical (unpaired) electrons. The van der Waals surface area contributed by atoms with Gasteiger partial charge in [-0.1, -0.05) is 65.8 Å². The molecule has 0 heterocycles. The Balaban J connectivity index is 3.09. The van der Waals surface area contributed by atoms with Crippen LogP contribution in [0.3, 0.4) is 0 Å². The van der Waals surface area contributed by atoms with E-state index in [2.05, 4.69) is 20.8 Å². The van der Waals surface area contributed by atoms with Crippen LogP contribution in [-0.2, 0) is 20.9 Å². The zero-order chi connectivity index (χ0) is 16.9. The van der Waals surface area contributed by atoms with Crippen molar-refractivity contribution in [2.24, 2.45) is 0 Å². The molecule has 0 amide bonds. The van der Waals surface area contributed by atoms with Crippen LogP contribution < -0.4 is 0 Å². The molecule has 3 nitrogen and oxygen atoms in total. The molecule has 4 heteroatoms. The van der Waals surface area contributed by atoms with Crippen molar-refractivity contribution in [3.8, 4) is 0 Å². The maximum absolute atomic E-state index is 11.7. The Bertz CT molecular complexity index is 820. The number of hydrogen-bond acceptors (Lipinski definition) is 3. The Hall–Kier alpha value is -1.39. The molecule has 22 heavy (non-hydrogen) atoms. The maximum atomic E-state index is 11.7. The number of fused-ring (bicyclic) bond motifs is 1. The van der Waals surface area contributed by atoms with E-state index in [0.29, 0.717) is 5.39 Å². The van der Waals surface area contributed by atoms with Crippen LogP contribution in [0, 0.1) is 0 Å². The molecule has 0 bridgehead atoms. The first-order valence-corrected chi connectivity index (χ1v) is 8.77. The quantitative estimate of drug-likeness (QED) is 0.735. The van der Waals surface area contributed by atoms with Gasteiger partial charge in [-0.05, 0) is 33.4 Å². The fourth-order valence-corrected chi connectivity index (χ4v) is 3.58. The molecule has 120 valence electrons. The van der Waals surface area contributed by atoms with E-state index in [4.69, 9.17) is 0 Å². The lowest BCUT2D eigenvalue weighted by Gasteiger charge is -2.28. The summed E-state index contributed by atoms with van der Waals surface area (Å²) in [4.78, 5) is -0.124. The van der Waals surface area contributed by atoms with E-state index < -0.39 is 10.1 Å². The van der Waals surface area contributed by atoms with Crippen molar-refractivity contribution < 1.29 is 13.0 Å². The molecule has 2 aromatic rings. The van der Waals surface area contributed by atoms with Crippen LogP contribution in [-0.4, -0.2) is 13.0 Å². The van der Waals surface area contributed by atoms with Gasteiger partial charge in [0, 0.05) is 5.39 Å². The van der Waals surface area contributed by atoms with Crippen molar-refractivity contribution in [1.29, 1.82) is 0 Å². The number of hydrogen-bond donors (Lipinski definition) is 0. The molecule has 0 fully saturated rings. The summed E-state index contributed by atoms with van der Waals surface area (Å²) in [6.07, 6.45) is 0. The van der Waals surface area contributed by atoms with E-state index in [1.54, 1.807) is 6.07 Å². The topological polar surface area (TPSA) is 57.2 Å². The van der Waals surface area contributed by atoms with Crippen LogP contribution >= 0.6 is 0 Å². The van der Waals surface area contributed by atoms with Gasteiger partial charge in [0.15, 0.2) is 0 Å². The minimum absolute atomic E-state index is 0.124. The summed E-state index contributed by atoms with van der Waals surface area (Å²) in [6.45, 7) is 12.3. The van der Waals surface area contributed by atoms with Crippen molar-refractivity contribution in [3.63, 3.8) is 0 Å². The standard InChI is InChI=1S/C18H24O3S/c1-17(2,3)13-10-11-14(18(4,5)6)16-12(13)8-7-9-15(16)22(19,20)21/h7-11H,1-6H3,(H,19,20,21)/p-1. The van der Waals surface area contributed by atoms with Crippen LogP contribution in [0.25, 0.3) is 10.8 Å². The normalized spacial score (nSPS) is 13.6. The second kappa shape index (κ2) is 5.07. The van der Waals surface area contributed by atoms with E-state index in [-0.39, 0.29) is 15.7 Å². The first-order valence-electron chi connectivity index (χ1n) is 7.36. The lowest BCUT2D eigenvalue weighted by molar-refractivity contribution is 0.464. The first kappa shape index (κ1) is 17.0. The zero-order valence-electron chi connectivity index (χ0n) is 14.0. The van der Waals surface area contributed by atoms with Crippen molar-refractivity contribution in [2.75, 3.05) is 0 Å². The second-order valence-corrected chi connectivity index (χ2v) is 9.14. The Kier molecular flexibility index (Phi) is 3.91. The third-order valence-electron chi connectivity index (χ3n) is 3.89. The van der Waals surface area contributed by atoms with Gasteiger partial charge in [-0.2, -0.15) is 0 Å². The lowest BCUT2D eigenvalue weighted by atomic mass is 9.78. The van der Waals surface area contributed by atoms with Crippen molar-refractivity contribution in [3.05, 3.63) is 41.5 Å². The SMILES string of the molecule is CC(C)(C)c1ccc(C(C)(C)C)c2c(S(=O)(=O)[O-])cccc12. The molecule has 0 aliphatic rings.